The molecule has 3 heteroatoms. The fraction of sp³-hybridized carbons (Fsp3) is 0.714. The van der Waals surface area contributed by atoms with Gasteiger partial charge in [-0.25, -0.2) is 0 Å². The van der Waals surface area contributed by atoms with Crippen LogP contribution in [0.25, 0.3) is 0 Å². The third kappa shape index (κ3) is 4.41. The first kappa shape index (κ1) is 13.1. The summed E-state index contributed by atoms with van der Waals surface area (Å²) in [5.41, 5.74) is 5.94. The van der Waals surface area contributed by atoms with Crippen LogP contribution >= 0.6 is 11.3 Å². The van der Waals surface area contributed by atoms with Crippen LogP contribution in [0.2, 0.25) is 0 Å². The zero-order valence-corrected chi connectivity index (χ0v) is 11.6. The predicted octanol–water partition coefficient (Wildman–Crippen LogP) is 2.74. The summed E-state index contributed by atoms with van der Waals surface area (Å²) < 4.78 is 0. The summed E-state index contributed by atoms with van der Waals surface area (Å²) in [7, 11) is 2.25. The number of hydrogen-bond donors (Lipinski definition) is 1. The van der Waals surface area contributed by atoms with Crippen molar-refractivity contribution in [3.63, 3.8) is 0 Å². The third-order valence-corrected chi connectivity index (χ3v) is 4.72. The van der Waals surface area contributed by atoms with Crippen molar-refractivity contribution in [2.75, 3.05) is 20.1 Å². The smallest absolute Gasteiger partial charge is 0.00579 e. The molecule has 1 aliphatic carbocycles. The van der Waals surface area contributed by atoms with Crippen LogP contribution in [0.3, 0.4) is 0 Å². The Hall–Kier alpha value is -0.380. The Morgan fingerprint density at radius 3 is 2.76 bits per heavy atom. The van der Waals surface area contributed by atoms with Gasteiger partial charge >= 0.3 is 0 Å². The molecule has 2 N–H and O–H groups in total. The van der Waals surface area contributed by atoms with Crippen LogP contribution in [0.1, 0.15) is 30.6 Å². The minimum Gasteiger partial charge on any atom is -0.328 e. The highest BCUT2D eigenvalue weighted by molar-refractivity contribution is 7.09. The van der Waals surface area contributed by atoms with E-state index in [2.05, 4.69) is 29.5 Å². The monoisotopic (exact) mass is 252 g/mol. The summed E-state index contributed by atoms with van der Waals surface area (Å²) in [4.78, 5) is 3.99. The Kier molecular flexibility index (Phi) is 5.01. The molecule has 0 spiro atoms. The van der Waals surface area contributed by atoms with Crippen molar-refractivity contribution in [2.24, 2.45) is 11.7 Å². The van der Waals surface area contributed by atoms with E-state index in [1.807, 2.05) is 11.3 Å². The Morgan fingerprint density at radius 1 is 1.35 bits per heavy atom. The summed E-state index contributed by atoms with van der Waals surface area (Å²) in [5.74, 6) is 0.878. The zero-order chi connectivity index (χ0) is 12.1. The highest BCUT2D eigenvalue weighted by atomic mass is 32.1. The minimum atomic E-state index is 0.475. The van der Waals surface area contributed by atoms with E-state index in [0.717, 1.165) is 5.92 Å². The van der Waals surface area contributed by atoms with Crippen LogP contribution in [0.4, 0.5) is 0 Å². The molecule has 1 fully saturated rings. The van der Waals surface area contributed by atoms with Gasteiger partial charge in [-0.3, -0.25) is 0 Å². The Bertz CT molecular complexity index is 302. The molecular weight excluding hydrogens is 228 g/mol. The lowest BCUT2D eigenvalue weighted by molar-refractivity contribution is 0.226. The highest BCUT2D eigenvalue weighted by Gasteiger charge is 2.19. The zero-order valence-electron chi connectivity index (χ0n) is 10.8. The molecule has 2 nitrogen and oxygen atoms in total. The molecule has 0 unspecified atom stereocenters. The molecule has 0 bridgehead atoms. The molecule has 0 aromatic carbocycles. The summed E-state index contributed by atoms with van der Waals surface area (Å²) in [6.45, 7) is 2.43. The molecule has 0 atom stereocenters. The minimum absolute atomic E-state index is 0.475. The van der Waals surface area contributed by atoms with Crippen molar-refractivity contribution in [1.82, 2.24) is 4.90 Å². The van der Waals surface area contributed by atoms with Gasteiger partial charge in [-0.05, 0) is 56.5 Å². The summed E-state index contributed by atoms with van der Waals surface area (Å²) in [6.07, 6.45) is 6.29. The standard InChI is InChI=1S/C14H24N2S/c1-16(9-8-14-3-2-10-17-14)11-12-4-6-13(15)7-5-12/h2-3,10,12-13H,4-9,11,15H2,1H3. The second-order valence-corrected chi connectivity index (χ2v) is 6.40. The molecular formula is C14H24N2S. The van der Waals surface area contributed by atoms with E-state index < -0.39 is 0 Å². The van der Waals surface area contributed by atoms with Crippen LogP contribution in [0.5, 0.6) is 0 Å². The molecule has 0 radical (unpaired) electrons. The van der Waals surface area contributed by atoms with Gasteiger partial charge in [-0.15, -0.1) is 11.3 Å². The second-order valence-electron chi connectivity index (χ2n) is 5.37. The first-order valence-electron chi connectivity index (χ1n) is 6.70. The molecule has 1 aromatic heterocycles. The molecule has 1 saturated carbocycles. The SMILES string of the molecule is CN(CCc1cccs1)CC1CCC(N)CC1. The predicted molar refractivity (Wildman–Crippen MR) is 75.5 cm³/mol. The van der Waals surface area contributed by atoms with Crippen molar-refractivity contribution < 1.29 is 0 Å². The lowest BCUT2D eigenvalue weighted by Crippen LogP contribution is -2.33. The van der Waals surface area contributed by atoms with Crippen molar-refractivity contribution >= 4 is 11.3 Å². The summed E-state index contributed by atoms with van der Waals surface area (Å²) in [6, 6.07) is 4.85. The second kappa shape index (κ2) is 6.53. The lowest BCUT2D eigenvalue weighted by atomic mass is 9.86. The number of thiophene rings is 1. The van der Waals surface area contributed by atoms with Crippen LogP contribution in [0, 0.1) is 5.92 Å². The van der Waals surface area contributed by atoms with Gasteiger partial charge < -0.3 is 10.6 Å². The first-order valence-corrected chi connectivity index (χ1v) is 7.58. The normalized spacial score (nSPS) is 25.4. The van der Waals surface area contributed by atoms with Crippen molar-refractivity contribution in [3.05, 3.63) is 22.4 Å². The first-order chi connectivity index (χ1) is 8.24. The van der Waals surface area contributed by atoms with E-state index in [9.17, 15) is 0 Å². The quantitative estimate of drug-likeness (QED) is 0.873. The number of nitrogens with two attached hydrogens (primary N) is 1. The highest BCUT2D eigenvalue weighted by Crippen LogP contribution is 2.23. The molecule has 0 amide bonds. The molecule has 0 aliphatic heterocycles. The largest absolute Gasteiger partial charge is 0.328 e. The summed E-state index contributed by atoms with van der Waals surface area (Å²) >= 11 is 1.87. The fourth-order valence-corrected chi connectivity index (χ4v) is 3.36. The molecule has 1 aliphatic rings. The Labute approximate surface area is 109 Å². The molecule has 1 aromatic rings. The topological polar surface area (TPSA) is 29.3 Å². The number of likely N-dealkylation sites (N-methyl/N-ethyl adjacent to an activating group) is 1. The van der Waals surface area contributed by atoms with Crippen LogP contribution in [-0.4, -0.2) is 31.1 Å². The van der Waals surface area contributed by atoms with Gasteiger partial charge in [0.2, 0.25) is 0 Å². The van der Waals surface area contributed by atoms with E-state index in [0.29, 0.717) is 6.04 Å². The van der Waals surface area contributed by atoms with Crippen LogP contribution in [-0.2, 0) is 6.42 Å². The van der Waals surface area contributed by atoms with Crippen LogP contribution in [0.15, 0.2) is 17.5 Å². The van der Waals surface area contributed by atoms with Crippen molar-refractivity contribution in [3.8, 4) is 0 Å². The molecule has 1 heterocycles. The van der Waals surface area contributed by atoms with E-state index in [4.69, 9.17) is 5.73 Å². The van der Waals surface area contributed by atoms with E-state index in [1.165, 1.54) is 50.1 Å². The maximum Gasteiger partial charge on any atom is 0.00579 e. The molecule has 96 valence electrons. The van der Waals surface area contributed by atoms with Gasteiger partial charge in [0.05, 0.1) is 0 Å². The summed E-state index contributed by atoms with van der Waals surface area (Å²) in [5, 5.41) is 2.16. The maximum absolute atomic E-state index is 5.94. The Balaban J connectivity index is 1.65. The average molecular weight is 252 g/mol. The van der Waals surface area contributed by atoms with Gasteiger partial charge in [0.15, 0.2) is 0 Å². The van der Waals surface area contributed by atoms with E-state index in [1.54, 1.807) is 0 Å². The van der Waals surface area contributed by atoms with Crippen molar-refractivity contribution in [1.29, 1.82) is 0 Å². The van der Waals surface area contributed by atoms with E-state index >= 15 is 0 Å². The Morgan fingerprint density at radius 2 is 2.12 bits per heavy atom. The number of rotatable bonds is 5. The third-order valence-electron chi connectivity index (χ3n) is 3.78. The molecule has 0 saturated heterocycles. The van der Waals surface area contributed by atoms with Crippen molar-refractivity contribution in [2.45, 2.75) is 38.1 Å². The molecule has 2 rings (SSSR count). The van der Waals surface area contributed by atoms with Gasteiger partial charge in [0.25, 0.3) is 0 Å². The number of nitrogens with zero attached hydrogens (tertiary/aromatic N) is 1. The maximum atomic E-state index is 5.94. The number of hydrogen-bond acceptors (Lipinski definition) is 3. The molecule has 17 heavy (non-hydrogen) atoms. The average Bonchev–Trinajstić information content (AvgIpc) is 2.83. The van der Waals surface area contributed by atoms with Gasteiger partial charge in [-0.2, -0.15) is 0 Å². The fourth-order valence-electron chi connectivity index (χ4n) is 2.66. The van der Waals surface area contributed by atoms with Gasteiger partial charge in [0, 0.05) is 24.0 Å². The van der Waals surface area contributed by atoms with Gasteiger partial charge in [-0.1, -0.05) is 6.07 Å². The van der Waals surface area contributed by atoms with Crippen LogP contribution < -0.4 is 5.73 Å². The van der Waals surface area contributed by atoms with E-state index in [-0.39, 0.29) is 0 Å². The van der Waals surface area contributed by atoms with Gasteiger partial charge in [0.1, 0.15) is 0 Å². The lowest BCUT2D eigenvalue weighted by Gasteiger charge is -2.29.